The largest absolute Gasteiger partial charge is 0.492 e. The lowest BCUT2D eigenvalue weighted by Crippen LogP contribution is -2.41. The summed E-state index contributed by atoms with van der Waals surface area (Å²) in [6.07, 6.45) is 3.17. The molecule has 3 aliphatic heterocycles. The summed E-state index contributed by atoms with van der Waals surface area (Å²) in [6.45, 7) is 12.5. The van der Waals surface area contributed by atoms with Crippen molar-refractivity contribution in [2.75, 3.05) is 64.0 Å². The highest BCUT2D eigenvalue weighted by Crippen LogP contribution is 2.48. The average Bonchev–Trinajstić information content (AvgIpc) is 3.73. The maximum Gasteiger partial charge on any atom is 0.357 e. The molecule has 1 aromatic heterocycles. The second kappa shape index (κ2) is 17.9. The molecular formula is C40H49BrN6O4S2Si. The van der Waals surface area contributed by atoms with Gasteiger partial charge >= 0.3 is 5.97 Å². The lowest BCUT2D eigenvalue weighted by atomic mass is 9.96. The maximum atomic E-state index is 12.9. The van der Waals surface area contributed by atoms with Crippen molar-refractivity contribution in [1.29, 1.82) is 0 Å². The van der Waals surface area contributed by atoms with E-state index in [4.69, 9.17) is 24.3 Å². The first-order valence-electron chi connectivity index (χ1n) is 18.3. The van der Waals surface area contributed by atoms with E-state index >= 15 is 0 Å². The normalized spacial score (nSPS) is 16.8. The minimum Gasteiger partial charge on any atom is -0.492 e. The van der Waals surface area contributed by atoms with Gasteiger partial charge in [-0.1, -0.05) is 55.4 Å². The summed E-state index contributed by atoms with van der Waals surface area (Å²) >= 11 is 6.90. The summed E-state index contributed by atoms with van der Waals surface area (Å²) in [5, 5.41) is 6.81. The number of benzene rings is 2. The summed E-state index contributed by atoms with van der Waals surface area (Å²) in [7, 11) is 4.19. The number of amidine groups is 1. The molecule has 3 aliphatic rings. The number of hydrazone groups is 1. The van der Waals surface area contributed by atoms with Crippen LogP contribution in [0.25, 0.3) is 0 Å². The maximum absolute atomic E-state index is 12.9. The van der Waals surface area contributed by atoms with Gasteiger partial charge in [0.15, 0.2) is 16.7 Å². The predicted molar refractivity (Wildman–Crippen MR) is 227 cm³/mol. The minimum atomic E-state index is -1.21. The zero-order valence-electron chi connectivity index (χ0n) is 32.2. The molecule has 0 unspecified atom stereocenters. The molecule has 2 aromatic carbocycles. The summed E-state index contributed by atoms with van der Waals surface area (Å²) in [4.78, 5) is 26.3. The number of thiazole rings is 1. The van der Waals surface area contributed by atoms with Crippen LogP contribution in [0.1, 0.15) is 47.1 Å². The predicted octanol–water partition coefficient (Wildman–Crippen LogP) is 8.54. The number of aryl methyl sites for hydroxylation is 1. The van der Waals surface area contributed by atoms with Crippen molar-refractivity contribution in [2.24, 2.45) is 5.10 Å². The van der Waals surface area contributed by atoms with E-state index in [0.717, 1.165) is 85.7 Å². The molecule has 10 nitrogen and oxygen atoms in total. The molecule has 14 heteroatoms. The van der Waals surface area contributed by atoms with Gasteiger partial charge in [0.1, 0.15) is 17.5 Å². The SMILES string of the molecule is COC(=O)c1nc(N2CCCC3=C(C)/C(=C4/Sc5ccccc5N4COCC[Si](C)(C)C)NN=C32)sc1CCCOc1ccc(C#CCN(C)C)cc1Br. The number of ether oxygens (including phenoxy) is 3. The van der Waals surface area contributed by atoms with E-state index in [0.29, 0.717) is 38.4 Å². The molecule has 1 saturated heterocycles. The number of carbonyl (C=O) groups excluding carboxylic acids is 1. The molecule has 286 valence electrons. The Balaban J connectivity index is 1.17. The highest BCUT2D eigenvalue weighted by atomic mass is 79.9. The molecule has 0 aliphatic carbocycles. The molecule has 4 heterocycles. The number of esters is 1. The summed E-state index contributed by atoms with van der Waals surface area (Å²) in [6, 6.07) is 15.5. The highest BCUT2D eigenvalue weighted by molar-refractivity contribution is 9.10. The molecule has 0 amide bonds. The van der Waals surface area contributed by atoms with Gasteiger partial charge in [0, 0.05) is 42.1 Å². The summed E-state index contributed by atoms with van der Waals surface area (Å²) < 4.78 is 18.4. The molecule has 1 fully saturated rings. The number of rotatable bonds is 13. The lowest BCUT2D eigenvalue weighted by Gasteiger charge is -2.34. The third-order valence-corrected chi connectivity index (χ3v) is 13.8. The van der Waals surface area contributed by atoms with Crippen molar-refractivity contribution < 1.29 is 19.0 Å². The van der Waals surface area contributed by atoms with Gasteiger partial charge in [0.25, 0.3) is 0 Å². The van der Waals surface area contributed by atoms with Crippen LogP contribution in [0.4, 0.5) is 10.8 Å². The molecule has 0 bridgehead atoms. The van der Waals surface area contributed by atoms with E-state index in [1.54, 1.807) is 11.8 Å². The molecule has 6 rings (SSSR count). The number of allylic oxidation sites excluding steroid dienone is 1. The number of aromatic nitrogens is 1. The summed E-state index contributed by atoms with van der Waals surface area (Å²) in [5.74, 6) is 7.50. The van der Waals surface area contributed by atoms with Crippen molar-refractivity contribution >= 4 is 69.7 Å². The van der Waals surface area contributed by atoms with Crippen molar-refractivity contribution in [3.63, 3.8) is 0 Å². The smallest absolute Gasteiger partial charge is 0.357 e. The van der Waals surface area contributed by atoms with Gasteiger partial charge in [0.05, 0.1) is 36.1 Å². The number of nitrogens with zero attached hydrogens (tertiary/aromatic N) is 5. The van der Waals surface area contributed by atoms with Crippen molar-refractivity contribution in [1.82, 2.24) is 15.3 Å². The third kappa shape index (κ3) is 9.61. The molecule has 1 N–H and O–H groups in total. The van der Waals surface area contributed by atoms with Gasteiger partial charge in [-0.25, -0.2) is 9.78 Å². The Bertz CT molecular complexity index is 2030. The number of hydrogen-bond acceptors (Lipinski definition) is 12. The van der Waals surface area contributed by atoms with Crippen LogP contribution in [0.3, 0.4) is 0 Å². The number of fused-ring (bicyclic) bond motifs is 2. The van der Waals surface area contributed by atoms with E-state index in [1.165, 1.54) is 28.9 Å². The van der Waals surface area contributed by atoms with Crippen LogP contribution in [-0.4, -0.2) is 84.0 Å². The lowest BCUT2D eigenvalue weighted by molar-refractivity contribution is 0.0593. The number of anilines is 2. The zero-order chi connectivity index (χ0) is 38.4. The first-order valence-corrected chi connectivity index (χ1v) is 24.4. The number of thioether (sulfide) groups is 1. The number of halogens is 1. The fraction of sp³-hybridized carbons (Fsp3) is 0.425. The van der Waals surface area contributed by atoms with Crippen LogP contribution < -0.4 is 20.0 Å². The number of carbonyl (C=O) groups is 1. The number of nitrogens with one attached hydrogen (secondary N) is 1. The monoisotopic (exact) mass is 848 g/mol. The third-order valence-electron chi connectivity index (χ3n) is 9.14. The molecule has 0 spiro atoms. The van der Waals surface area contributed by atoms with Crippen LogP contribution in [0.2, 0.25) is 25.7 Å². The van der Waals surface area contributed by atoms with E-state index in [2.05, 4.69) is 93.8 Å². The molecule has 0 atom stereocenters. The topological polar surface area (TPSA) is 91.8 Å². The van der Waals surface area contributed by atoms with Gasteiger partial charge < -0.3 is 24.0 Å². The van der Waals surface area contributed by atoms with Gasteiger partial charge in [-0.3, -0.25) is 10.3 Å². The Morgan fingerprint density at radius 1 is 1.15 bits per heavy atom. The Kier molecular flexibility index (Phi) is 13.3. The van der Waals surface area contributed by atoms with E-state index in [-0.39, 0.29) is 0 Å². The van der Waals surface area contributed by atoms with Gasteiger partial charge in [-0.2, -0.15) is 5.10 Å². The van der Waals surface area contributed by atoms with E-state index in [1.807, 2.05) is 37.2 Å². The van der Waals surface area contributed by atoms with E-state index in [9.17, 15) is 4.79 Å². The Hall–Kier alpha value is -3.58. The van der Waals surface area contributed by atoms with Crippen LogP contribution >= 0.6 is 39.0 Å². The van der Waals surface area contributed by atoms with Gasteiger partial charge in [-0.05, 0) is 105 Å². The number of methoxy groups -OCH3 is 1. The Morgan fingerprint density at radius 2 is 1.96 bits per heavy atom. The van der Waals surface area contributed by atoms with E-state index < -0.39 is 14.0 Å². The second-order valence-electron chi connectivity index (χ2n) is 14.8. The standard InChI is InChI=1S/C40H49BrN6O4S2Si/c1-27-29-14-11-21-46(37(29)44-43-35(27)38-47(26-50-23-24-54(5,6)7)31-15-8-9-16-33(31)52-38)40-42-36(39(48)49-4)34(53-40)17-12-22-51-32-19-18-28(25-30(32)41)13-10-20-45(2)3/h8-9,15-16,18-19,25,43H,11-12,14,17,20-24,26H2,1-7H3/b38-35-. The first-order chi connectivity index (χ1) is 25.9. The zero-order valence-corrected chi connectivity index (χ0v) is 36.4. The van der Waals surface area contributed by atoms with Crippen LogP contribution in [0.5, 0.6) is 5.75 Å². The first kappa shape index (κ1) is 40.1. The fourth-order valence-corrected chi connectivity index (χ4v) is 9.76. The fourth-order valence-electron chi connectivity index (χ4n) is 6.19. The molecule has 54 heavy (non-hydrogen) atoms. The van der Waals surface area contributed by atoms with Crippen LogP contribution in [0, 0.1) is 11.8 Å². The van der Waals surface area contributed by atoms with Crippen molar-refractivity contribution in [3.8, 4) is 17.6 Å². The number of para-hydroxylation sites is 1. The summed E-state index contributed by atoms with van der Waals surface area (Å²) in [5.41, 5.74) is 9.21. The van der Waals surface area contributed by atoms with Crippen LogP contribution in [-0.2, 0) is 15.9 Å². The quantitative estimate of drug-likeness (QED) is 0.0782. The molecular weight excluding hydrogens is 801 g/mol. The Labute approximate surface area is 337 Å². The van der Waals surface area contributed by atoms with Crippen molar-refractivity contribution in [3.05, 3.63) is 84.9 Å². The van der Waals surface area contributed by atoms with Gasteiger partial charge in [-0.15, -0.1) is 11.3 Å². The van der Waals surface area contributed by atoms with Crippen molar-refractivity contribution in [2.45, 2.75) is 63.2 Å². The number of piperidine rings is 1. The van der Waals surface area contributed by atoms with Crippen LogP contribution in [0.15, 0.2) is 78.8 Å². The average molecular weight is 850 g/mol. The Morgan fingerprint density at radius 3 is 2.72 bits per heavy atom. The molecule has 3 aromatic rings. The molecule has 0 saturated carbocycles. The minimum absolute atomic E-state index is 0.351. The molecule has 0 radical (unpaired) electrons. The highest BCUT2D eigenvalue weighted by Gasteiger charge is 2.35. The van der Waals surface area contributed by atoms with Gasteiger partial charge in [0.2, 0.25) is 0 Å². The second-order valence-corrected chi connectivity index (χ2v) is 23.4. The number of hydrogen-bond donors (Lipinski definition) is 1.